The van der Waals surface area contributed by atoms with Crippen LogP contribution in [0.3, 0.4) is 0 Å². The number of hydrogen-bond donors (Lipinski definition) is 1. The van der Waals surface area contributed by atoms with Crippen molar-refractivity contribution < 1.29 is 8.42 Å². The fraction of sp³-hybridized carbons (Fsp3) is 0.333. The Bertz CT molecular complexity index is 335. The van der Waals surface area contributed by atoms with Gasteiger partial charge in [-0.05, 0) is 0 Å². The summed E-state index contributed by atoms with van der Waals surface area (Å²) >= 11 is 0. The average Bonchev–Trinajstić information content (AvgIpc) is 2.02. The summed E-state index contributed by atoms with van der Waals surface area (Å²) in [6, 6.07) is 0. The molecular formula is C6H9N3O2S. The van der Waals surface area contributed by atoms with Gasteiger partial charge in [-0.3, -0.25) is 0 Å². The summed E-state index contributed by atoms with van der Waals surface area (Å²) in [7, 11) is -3.13. The molecule has 0 saturated heterocycles. The van der Waals surface area contributed by atoms with E-state index >= 15 is 0 Å². The highest BCUT2D eigenvalue weighted by molar-refractivity contribution is 7.88. The Balaban J connectivity index is 2.56. The first-order chi connectivity index (χ1) is 5.58. The molecule has 0 bridgehead atoms. The second-order valence-electron chi connectivity index (χ2n) is 2.34. The third-order valence-corrected chi connectivity index (χ3v) is 1.82. The molecule has 0 aromatic carbocycles. The monoisotopic (exact) mass is 187 g/mol. The van der Waals surface area contributed by atoms with Crippen LogP contribution in [-0.4, -0.2) is 24.6 Å². The van der Waals surface area contributed by atoms with Crippen LogP contribution in [0.2, 0.25) is 0 Å². The van der Waals surface area contributed by atoms with E-state index in [0.717, 1.165) is 11.8 Å². The zero-order valence-corrected chi connectivity index (χ0v) is 7.37. The second-order valence-corrected chi connectivity index (χ2v) is 4.17. The fourth-order valence-electron chi connectivity index (χ4n) is 0.636. The molecule has 0 unspecified atom stereocenters. The van der Waals surface area contributed by atoms with Crippen LogP contribution in [0.25, 0.3) is 0 Å². The molecule has 1 aromatic heterocycles. The molecule has 0 fully saturated rings. The highest BCUT2D eigenvalue weighted by Gasteiger charge is 1.99. The third kappa shape index (κ3) is 3.40. The van der Waals surface area contributed by atoms with Gasteiger partial charge in [-0.2, -0.15) is 0 Å². The topological polar surface area (TPSA) is 72.0 Å². The van der Waals surface area contributed by atoms with Gasteiger partial charge in [0.1, 0.15) is 6.33 Å². The van der Waals surface area contributed by atoms with Crippen molar-refractivity contribution in [3.63, 3.8) is 0 Å². The number of aromatic nitrogens is 2. The minimum absolute atomic E-state index is 0.236. The zero-order valence-electron chi connectivity index (χ0n) is 6.56. The van der Waals surface area contributed by atoms with Crippen LogP contribution in [-0.2, 0) is 16.6 Å². The summed E-state index contributed by atoms with van der Waals surface area (Å²) in [6.45, 7) is 0.236. The Morgan fingerprint density at radius 2 is 2.00 bits per heavy atom. The molecule has 0 saturated carbocycles. The quantitative estimate of drug-likeness (QED) is 0.694. The molecule has 0 aliphatic heterocycles. The van der Waals surface area contributed by atoms with Crippen molar-refractivity contribution in [1.82, 2.24) is 14.7 Å². The van der Waals surface area contributed by atoms with E-state index in [1.807, 2.05) is 0 Å². The van der Waals surface area contributed by atoms with E-state index in [2.05, 4.69) is 14.7 Å². The SMILES string of the molecule is CS(=O)(=O)NCc1cncnc1. The third-order valence-electron chi connectivity index (χ3n) is 1.15. The Morgan fingerprint density at radius 1 is 1.42 bits per heavy atom. The van der Waals surface area contributed by atoms with E-state index in [-0.39, 0.29) is 6.54 Å². The van der Waals surface area contributed by atoms with Gasteiger partial charge in [0.2, 0.25) is 10.0 Å². The Kier molecular flexibility index (Phi) is 2.72. The normalized spacial score (nSPS) is 11.4. The van der Waals surface area contributed by atoms with Crippen LogP contribution in [0.1, 0.15) is 5.56 Å². The van der Waals surface area contributed by atoms with Gasteiger partial charge in [-0.15, -0.1) is 0 Å². The van der Waals surface area contributed by atoms with Crippen molar-refractivity contribution in [2.24, 2.45) is 0 Å². The fourth-order valence-corrected chi connectivity index (χ4v) is 1.06. The van der Waals surface area contributed by atoms with Crippen molar-refractivity contribution in [2.45, 2.75) is 6.54 Å². The molecule has 1 N–H and O–H groups in total. The second kappa shape index (κ2) is 3.59. The molecule has 1 heterocycles. The molecule has 1 rings (SSSR count). The van der Waals surface area contributed by atoms with Gasteiger partial charge in [0, 0.05) is 24.5 Å². The van der Waals surface area contributed by atoms with E-state index in [1.165, 1.54) is 6.33 Å². The van der Waals surface area contributed by atoms with Gasteiger partial charge >= 0.3 is 0 Å². The van der Waals surface area contributed by atoms with Gasteiger partial charge in [-0.1, -0.05) is 0 Å². The maximum absolute atomic E-state index is 10.7. The minimum Gasteiger partial charge on any atom is -0.244 e. The van der Waals surface area contributed by atoms with Crippen LogP contribution in [0.4, 0.5) is 0 Å². The van der Waals surface area contributed by atoms with Gasteiger partial charge in [0.25, 0.3) is 0 Å². The predicted molar refractivity (Wildman–Crippen MR) is 43.7 cm³/mol. The maximum Gasteiger partial charge on any atom is 0.209 e. The standard InChI is InChI=1S/C6H9N3O2S/c1-12(10,11)9-4-6-2-7-5-8-3-6/h2-3,5,9H,4H2,1H3. The van der Waals surface area contributed by atoms with Gasteiger partial charge < -0.3 is 0 Å². The number of rotatable bonds is 3. The van der Waals surface area contributed by atoms with Crippen molar-refractivity contribution in [3.05, 3.63) is 24.3 Å². The van der Waals surface area contributed by atoms with Crippen LogP contribution in [0, 0.1) is 0 Å². The smallest absolute Gasteiger partial charge is 0.209 e. The van der Waals surface area contributed by atoms with Crippen molar-refractivity contribution >= 4 is 10.0 Å². The number of nitrogens with one attached hydrogen (secondary N) is 1. The molecule has 0 atom stereocenters. The summed E-state index contributed by atoms with van der Waals surface area (Å²) in [5.41, 5.74) is 0.739. The molecule has 6 heteroatoms. The summed E-state index contributed by atoms with van der Waals surface area (Å²) in [6.07, 6.45) is 5.62. The molecule has 66 valence electrons. The molecule has 1 aromatic rings. The van der Waals surface area contributed by atoms with Gasteiger partial charge in [0.15, 0.2) is 0 Å². The van der Waals surface area contributed by atoms with Crippen LogP contribution in [0.5, 0.6) is 0 Å². The molecular weight excluding hydrogens is 178 g/mol. The molecule has 0 amide bonds. The number of nitrogens with zero attached hydrogens (tertiary/aromatic N) is 2. The highest BCUT2D eigenvalue weighted by atomic mass is 32.2. The molecule has 12 heavy (non-hydrogen) atoms. The van der Waals surface area contributed by atoms with Crippen molar-refractivity contribution in [1.29, 1.82) is 0 Å². The first-order valence-corrected chi connectivity index (χ1v) is 5.15. The number of hydrogen-bond acceptors (Lipinski definition) is 4. The van der Waals surface area contributed by atoms with E-state index in [4.69, 9.17) is 0 Å². The lowest BCUT2D eigenvalue weighted by atomic mass is 10.4. The van der Waals surface area contributed by atoms with Crippen molar-refractivity contribution in [2.75, 3.05) is 6.26 Å². The lowest BCUT2D eigenvalue weighted by Crippen LogP contribution is -2.21. The van der Waals surface area contributed by atoms with E-state index in [1.54, 1.807) is 12.4 Å². The summed E-state index contributed by atoms with van der Waals surface area (Å²) < 4.78 is 23.6. The van der Waals surface area contributed by atoms with Crippen LogP contribution < -0.4 is 4.72 Å². The van der Waals surface area contributed by atoms with Gasteiger partial charge in [0.05, 0.1) is 6.26 Å². The summed E-state index contributed by atoms with van der Waals surface area (Å²) in [5, 5.41) is 0. The van der Waals surface area contributed by atoms with E-state index in [0.29, 0.717) is 0 Å². The number of sulfonamides is 1. The predicted octanol–water partition coefficient (Wildman–Crippen LogP) is -0.474. The van der Waals surface area contributed by atoms with E-state index < -0.39 is 10.0 Å². The average molecular weight is 187 g/mol. The minimum atomic E-state index is -3.13. The Labute approximate surface area is 70.9 Å². The summed E-state index contributed by atoms with van der Waals surface area (Å²) in [4.78, 5) is 7.48. The molecule has 0 aliphatic carbocycles. The molecule has 5 nitrogen and oxygen atoms in total. The maximum atomic E-state index is 10.7. The van der Waals surface area contributed by atoms with E-state index in [9.17, 15) is 8.42 Å². The molecule has 0 radical (unpaired) electrons. The highest BCUT2D eigenvalue weighted by Crippen LogP contribution is 1.92. The lowest BCUT2D eigenvalue weighted by Gasteiger charge is -1.99. The first kappa shape index (κ1) is 9.08. The largest absolute Gasteiger partial charge is 0.244 e. The zero-order chi connectivity index (χ0) is 9.03. The first-order valence-electron chi connectivity index (χ1n) is 3.26. The summed E-state index contributed by atoms with van der Waals surface area (Å²) in [5.74, 6) is 0. The lowest BCUT2D eigenvalue weighted by molar-refractivity contribution is 0.587. The molecule has 0 aliphatic rings. The van der Waals surface area contributed by atoms with Crippen molar-refractivity contribution in [3.8, 4) is 0 Å². The van der Waals surface area contributed by atoms with Crippen LogP contribution in [0.15, 0.2) is 18.7 Å². The Hall–Kier alpha value is -1.01. The Morgan fingerprint density at radius 3 is 2.50 bits per heavy atom. The molecule has 0 spiro atoms. The van der Waals surface area contributed by atoms with Crippen LogP contribution >= 0.6 is 0 Å². The van der Waals surface area contributed by atoms with Gasteiger partial charge in [-0.25, -0.2) is 23.1 Å².